The van der Waals surface area contributed by atoms with Gasteiger partial charge >= 0.3 is 0 Å². The van der Waals surface area contributed by atoms with Gasteiger partial charge in [0.25, 0.3) is 0 Å². The van der Waals surface area contributed by atoms with Gasteiger partial charge in [0, 0.05) is 56.0 Å². The number of amides is 1. The van der Waals surface area contributed by atoms with Crippen molar-refractivity contribution in [3.63, 3.8) is 0 Å². The number of carbonyl (C=O) groups is 1. The maximum absolute atomic E-state index is 13.2. The molecule has 1 fully saturated rings. The van der Waals surface area contributed by atoms with Crippen LogP contribution in [0, 0.1) is 11.6 Å². The number of nitrogens with one attached hydrogen (secondary N) is 1. The Kier molecular flexibility index (Phi) is 6.42. The number of nitrogens with zero attached hydrogens (tertiary/aromatic N) is 2. The Balaban J connectivity index is 1.40. The standard InChI is InChI=1S/C20H25F2N3O2/c1-2-19-23-8-10-25(19)9-7-20(26)24-16-3-5-17(6-4-16)27-18-12-14(21)11-15(22)13-18/h8,10-13,16-17H,2-7,9H2,1H3,(H,24,26). The van der Waals surface area contributed by atoms with Gasteiger partial charge in [-0.05, 0) is 25.7 Å². The summed E-state index contributed by atoms with van der Waals surface area (Å²) in [6.07, 6.45) is 7.88. The average Bonchev–Trinajstić information content (AvgIpc) is 3.08. The van der Waals surface area contributed by atoms with Crippen LogP contribution in [-0.4, -0.2) is 27.6 Å². The first-order valence-corrected chi connectivity index (χ1v) is 9.45. The van der Waals surface area contributed by atoms with Gasteiger partial charge in [0.1, 0.15) is 23.2 Å². The Labute approximate surface area is 157 Å². The molecule has 0 spiro atoms. The second-order valence-electron chi connectivity index (χ2n) is 6.90. The molecule has 1 saturated carbocycles. The van der Waals surface area contributed by atoms with Gasteiger partial charge in [0.2, 0.25) is 5.91 Å². The molecule has 0 saturated heterocycles. The first-order chi connectivity index (χ1) is 13.0. The summed E-state index contributed by atoms with van der Waals surface area (Å²) < 4.78 is 34.2. The van der Waals surface area contributed by atoms with E-state index in [9.17, 15) is 13.6 Å². The minimum atomic E-state index is -0.643. The molecule has 1 aliphatic carbocycles. The highest BCUT2D eigenvalue weighted by molar-refractivity contribution is 5.76. The third-order valence-corrected chi connectivity index (χ3v) is 4.88. The second kappa shape index (κ2) is 8.97. The van der Waals surface area contributed by atoms with Gasteiger partial charge in [0.05, 0.1) is 6.10 Å². The lowest BCUT2D eigenvalue weighted by Crippen LogP contribution is -2.40. The van der Waals surface area contributed by atoms with Gasteiger partial charge in [-0.1, -0.05) is 6.92 Å². The summed E-state index contributed by atoms with van der Waals surface area (Å²) in [5.41, 5.74) is 0. The fourth-order valence-electron chi connectivity index (χ4n) is 3.49. The Hall–Kier alpha value is -2.44. The molecule has 0 bridgehead atoms. The van der Waals surface area contributed by atoms with Crippen LogP contribution in [0.3, 0.4) is 0 Å². The molecular weight excluding hydrogens is 352 g/mol. The van der Waals surface area contributed by atoms with Gasteiger partial charge in [0.15, 0.2) is 0 Å². The van der Waals surface area contributed by atoms with E-state index in [-0.39, 0.29) is 23.8 Å². The highest BCUT2D eigenvalue weighted by atomic mass is 19.1. The fraction of sp³-hybridized carbons (Fsp3) is 0.500. The number of aryl methyl sites for hydroxylation is 2. The maximum atomic E-state index is 13.2. The van der Waals surface area contributed by atoms with Gasteiger partial charge < -0.3 is 14.6 Å². The third-order valence-electron chi connectivity index (χ3n) is 4.88. The monoisotopic (exact) mass is 377 g/mol. The number of hydrogen-bond acceptors (Lipinski definition) is 3. The Bertz CT molecular complexity index is 750. The predicted octanol–water partition coefficient (Wildman–Crippen LogP) is 3.62. The van der Waals surface area contributed by atoms with E-state index in [1.54, 1.807) is 6.20 Å². The molecule has 1 N–H and O–H groups in total. The van der Waals surface area contributed by atoms with Crippen LogP contribution in [0.25, 0.3) is 0 Å². The summed E-state index contributed by atoms with van der Waals surface area (Å²) in [4.78, 5) is 16.4. The number of benzene rings is 1. The van der Waals surface area contributed by atoms with Crippen LogP contribution in [0.2, 0.25) is 0 Å². The summed E-state index contributed by atoms with van der Waals surface area (Å²) in [7, 11) is 0. The van der Waals surface area contributed by atoms with Crippen LogP contribution < -0.4 is 10.1 Å². The predicted molar refractivity (Wildman–Crippen MR) is 97.4 cm³/mol. The zero-order valence-electron chi connectivity index (χ0n) is 15.5. The van der Waals surface area contributed by atoms with E-state index in [0.717, 1.165) is 44.0 Å². The molecular formula is C20H25F2N3O2. The van der Waals surface area contributed by atoms with Gasteiger partial charge in [-0.2, -0.15) is 0 Å². The molecule has 0 atom stereocenters. The summed E-state index contributed by atoms with van der Waals surface area (Å²) in [6.45, 7) is 2.66. The van der Waals surface area contributed by atoms with Gasteiger partial charge in [-0.15, -0.1) is 0 Å². The SMILES string of the molecule is CCc1nccn1CCC(=O)NC1CCC(Oc2cc(F)cc(F)c2)CC1. The van der Waals surface area contributed by atoms with E-state index in [1.165, 1.54) is 12.1 Å². The number of halogens is 2. The topological polar surface area (TPSA) is 56.2 Å². The minimum absolute atomic E-state index is 0.0299. The van der Waals surface area contributed by atoms with Crippen LogP contribution in [0.5, 0.6) is 5.75 Å². The lowest BCUT2D eigenvalue weighted by molar-refractivity contribution is -0.122. The van der Waals surface area contributed by atoms with Crippen molar-refractivity contribution in [3.8, 4) is 5.75 Å². The molecule has 1 aliphatic rings. The van der Waals surface area contributed by atoms with Crippen LogP contribution in [0.4, 0.5) is 8.78 Å². The number of aromatic nitrogens is 2. The van der Waals surface area contributed by atoms with Crippen molar-refractivity contribution in [2.75, 3.05) is 0 Å². The van der Waals surface area contributed by atoms with Gasteiger partial charge in [-0.25, -0.2) is 13.8 Å². The van der Waals surface area contributed by atoms with Crippen LogP contribution in [0.1, 0.15) is 44.9 Å². The van der Waals surface area contributed by atoms with Gasteiger partial charge in [-0.3, -0.25) is 4.79 Å². The van der Waals surface area contributed by atoms with Crippen molar-refractivity contribution >= 4 is 5.91 Å². The van der Waals surface area contributed by atoms with Crippen LogP contribution >= 0.6 is 0 Å². The highest BCUT2D eigenvalue weighted by Gasteiger charge is 2.24. The van der Waals surface area contributed by atoms with E-state index < -0.39 is 11.6 Å². The number of imidazole rings is 1. The summed E-state index contributed by atoms with van der Waals surface area (Å²) in [5, 5.41) is 3.07. The molecule has 0 radical (unpaired) electrons. The lowest BCUT2D eigenvalue weighted by Gasteiger charge is -2.29. The first-order valence-electron chi connectivity index (χ1n) is 9.45. The molecule has 1 aromatic heterocycles. The molecule has 1 amide bonds. The summed E-state index contributed by atoms with van der Waals surface area (Å²) in [5.74, 6) is -0.0613. The van der Waals surface area contributed by atoms with Crippen molar-refractivity contribution in [2.24, 2.45) is 0 Å². The van der Waals surface area contributed by atoms with Crippen LogP contribution in [-0.2, 0) is 17.8 Å². The molecule has 0 unspecified atom stereocenters. The quantitative estimate of drug-likeness (QED) is 0.802. The number of carbonyl (C=O) groups excluding carboxylic acids is 1. The summed E-state index contributed by atoms with van der Waals surface area (Å²) in [6, 6.07) is 3.33. The van der Waals surface area contributed by atoms with Crippen molar-refractivity contribution in [1.82, 2.24) is 14.9 Å². The lowest BCUT2D eigenvalue weighted by atomic mass is 9.93. The van der Waals surface area contributed by atoms with Crippen molar-refractivity contribution in [1.29, 1.82) is 0 Å². The van der Waals surface area contributed by atoms with E-state index in [1.807, 2.05) is 17.7 Å². The average molecular weight is 377 g/mol. The van der Waals surface area contributed by atoms with E-state index in [0.29, 0.717) is 13.0 Å². The second-order valence-corrected chi connectivity index (χ2v) is 6.90. The largest absolute Gasteiger partial charge is 0.490 e. The normalized spacial score (nSPS) is 19.7. The highest BCUT2D eigenvalue weighted by Crippen LogP contribution is 2.25. The maximum Gasteiger partial charge on any atom is 0.222 e. The minimum Gasteiger partial charge on any atom is -0.490 e. The van der Waals surface area contributed by atoms with E-state index in [4.69, 9.17) is 4.74 Å². The van der Waals surface area contributed by atoms with Crippen LogP contribution in [0.15, 0.2) is 30.6 Å². The molecule has 7 heteroatoms. The molecule has 1 heterocycles. The van der Waals surface area contributed by atoms with Crippen molar-refractivity contribution < 1.29 is 18.3 Å². The van der Waals surface area contributed by atoms with E-state index in [2.05, 4.69) is 10.3 Å². The zero-order valence-corrected chi connectivity index (χ0v) is 15.5. The van der Waals surface area contributed by atoms with E-state index >= 15 is 0 Å². The molecule has 5 nitrogen and oxygen atoms in total. The molecule has 2 aromatic rings. The van der Waals surface area contributed by atoms with Crippen molar-refractivity contribution in [2.45, 2.75) is 64.1 Å². The first kappa shape index (κ1) is 19.3. The molecule has 146 valence electrons. The number of ether oxygens (including phenoxy) is 1. The zero-order chi connectivity index (χ0) is 19.2. The Morgan fingerprint density at radius 2 is 1.93 bits per heavy atom. The smallest absolute Gasteiger partial charge is 0.222 e. The molecule has 27 heavy (non-hydrogen) atoms. The fourth-order valence-corrected chi connectivity index (χ4v) is 3.49. The molecule has 0 aliphatic heterocycles. The number of hydrogen-bond donors (Lipinski definition) is 1. The third kappa shape index (κ3) is 5.52. The molecule has 3 rings (SSSR count). The number of rotatable bonds is 7. The van der Waals surface area contributed by atoms with Crippen molar-refractivity contribution in [3.05, 3.63) is 48.1 Å². The molecule has 1 aromatic carbocycles. The Morgan fingerprint density at radius 3 is 2.59 bits per heavy atom. The summed E-state index contributed by atoms with van der Waals surface area (Å²) >= 11 is 0. The Morgan fingerprint density at radius 1 is 1.22 bits per heavy atom.